The molecule has 0 aliphatic heterocycles. The maximum absolute atomic E-state index is 11.7. The minimum absolute atomic E-state index is 0.137. The molecule has 0 aliphatic carbocycles. The van der Waals surface area contributed by atoms with Crippen molar-refractivity contribution in [1.29, 1.82) is 0 Å². The molecule has 0 aromatic carbocycles. The molecule has 0 aliphatic rings. The van der Waals surface area contributed by atoms with Gasteiger partial charge in [0, 0.05) is 25.7 Å². The predicted molar refractivity (Wildman–Crippen MR) is 122 cm³/mol. The summed E-state index contributed by atoms with van der Waals surface area (Å²) in [6.07, 6.45) is 22.8. The average molecular weight is 406 g/mol. The first kappa shape index (κ1) is 25.5. The van der Waals surface area contributed by atoms with E-state index in [0.29, 0.717) is 6.54 Å². The summed E-state index contributed by atoms with van der Waals surface area (Å²) in [5, 5.41) is 9.83. The second kappa shape index (κ2) is 16.2. The van der Waals surface area contributed by atoms with E-state index in [-0.39, 0.29) is 11.5 Å². The molecule has 29 heavy (non-hydrogen) atoms. The molecule has 1 aromatic heterocycles. The summed E-state index contributed by atoms with van der Waals surface area (Å²) >= 11 is 0. The van der Waals surface area contributed by atoms with E-state index in [1.807, 2.05) is 0 Å². The molecule has 0 saturated heterocycles. The lowest BCUT2D eigenvalue weighted by molar-refractivity contribution is 0.1000. The van der Waals surface area contributed by atoms with Gasteiger partial charge in [0.15, 0.2) is 11.5 Å². The zero-order valence-corrected chi connectivity index (χ0v) is 18.9. The average Bonchev–Trinajstić information content (AvgIpc) is 2.70. The SMILES string of the molecule is CCCCCCCCCCCCCCCCCCn1ccc(=O)c(O)c1C(C)=O. The molecule has 1 N–H and O–H groups in total. The highest BCUT2D eigenvalue weighted by molar-refractivity contribution is 5.94. The fraction of sp³-hybridized carbons (Fsp3) is 0.760. The predicted octanol–water partition coefficient (Wildman–Crippen LogP) is 7.02. The fourth-order valence-corrected chi connectivity index (χ4v) is 3.95. The number of aromatic nitrogens is 1. The fourth-order valence-electron chi connectivity index (χ4n) is 3.95. The number of nitrogens with zero attached hydrogens (tertiary/aromatic N) is 1. The quantitative estimate of drug-likeness (QED) is 0.211. The van der Waals surface area contributed by atoms with Gasteiger partial charge in [0.25, 0.3) is 0 Å². The van der Waals surface area contributed by atoms with Crippen molar-refractivity contribution < 1.29 is 9.90 Å². The minimum atomic E-state index is -0.488. The molecule has 0 bridgehead atoms. The number of ketones is 1. The maximum atomic E-state index is 11.7. The van der Waals surface area contributed by atoms with Crippen LogP contribution in [0, 0.1) is 0 Å². The lowest BCUT2D eigenvalue weighted by Crippen LogP contribution is -2.15. The Kier molecular flexibility index (Phi) is 14.3. The van der Waals surface area contributed by atoms with E-state index in [9.17, 15) is 14.7 Å². The first-order valence-electron chi connectivity index (χ1n) is 12.0. The van der Waals surface area contributed by atoms with Crippen molar-refractivity contribution in [2.75, 3.05) is 0 Å². The molecule has 0 saturated carbocycles. The van der Waals surface area contributed by atoms with Gasteiger partial charge < -0.3 is 9.67 Å². The zero-order valence-electron chi connectivity index (χ0n) is 18.9. The van der Waals surface area contributed by atoms with Gasteiger partial charge in [0.2, 0.25) is 5.43 Å². The summed E-state index contributed by atoms with van der Waals surface area (Å²) in [6, 6.07) is 1.33. The number of hydrogen-bond acceptors (Lipinski definition) is 3. The van der Waals surface area contributed by atoms with Crippen LogP contribution in [0.2, 0.25) is 0 Å². The lowest BCUT2D eigenvalue weighted by atomic mass is 10.0. The number of pyridine rings is 1. The second-order valence-electron chi connectivity index (χ2n) is 8.43. The molecule has 0 spiro atoms. The van der Waals surface area contributed by atoms with Crippen molar-refractivity contribution in [2.45, 2.75) is 123 Å². The Morgan fingerprint density at radius 2 is 1.21 bits per heavy atom. The summed E-state index contributed by atoms with van der Waals surface area (Å²) < 4.78 is 1.71. The Bertz CT molecular complexity index is 621. The standard InChI is InChI=1S/C25H43NO3/c1-3-4-5-6-7-8-9-10-11-12-13-14-15-16-17-18-20-26-21-19-23(28)25(29)24(26)22(2)27/h19,21,29H,3-18,20H2,1-2H3. The number of carbonyl (C=O) groups excluding carboxylic acids is 1. The summed E-state index contributed by atoms with van der Waals surface area (Å²) in [5.41, 5.74) is -0.350. The van der Waals surface area contributed by atoms with Gasteiger partial charge in [0.1, 0.15) is 5.69 Å². The van der Waals surface area contributed by atoms with Crippen molar-refractivity contribution in [3.63, 3.8) is 0 Å². The monoisotopic (exact) mass is 405 g/mol. The van der Waals surface area contributed by atoms with Crippen LogP contribution in [0.4, 0.5) is 0 Å². The molecule has 1 aromatic rings. The van der Waals surface area contributed by atoms with Gasteiger partial charge in [-0.05, 0) is 6.42 Å². The van der Waals surface area contributed by atoms with Crippen LogP contribution in [0.5, 0.6) is 5.75 Å². The van der Waals surface area contributed by atoms with Gasteiger partial charge in [-0.15, -0.1) is 0 Å². The Morgan fingerprint density at radius 3 is 1.62 bits per heavy atom. The molecule has 0 unspecified atom stereocenters. The molecule has 0 amide bonds. The Morgan fingerprint density at radius 1 is 0.793 bits per heavy atom. The van der Waals surface area contributed by atoms with E-state index in [1.54, 1.807) is 10.8 Å². The molecule has 0 fully saturated rings. The van der Waals surface area contributed by atoms with Crippen LogP contribution < -0.4 is 5.43 Å². The second-order valence-corrected chi connectivity index (χ2v) is 8.43. The molecule has 4 nitrogen and oxygen atoms in total. The zero-order chi connectivity index (χ0) is 21.3. The summed E-state index contributed by atoms with van der Waals surface area (Å²) in [7, 11) is 0. The number of rotatable bonds is 18. The normalized spacial score (nSPS) is 11.1. The van der Waals surface area contributed by atoms with Crippen molar-refractivity contribution >= 4 is 5.78 Å². The largest absolute Gasteiger partial charge is 0.503 e. The number of carbonyl (C=O) groups is 1. The molecular weight excluding hydrogens is 362 g/mol. The number of Topliss-reactive ketones (excluding diaryl/α,β-unsaturated/α-hetero) is 1. The van der Waals surface area contributed by atoms with Crippen LogP contribution in [0.1, 0.15) is 127 Å². The van der Waals surface area contributed by atoms with E-state index in [1.165, 1.54) is 103 Å². The molecule has 4 heteroatoms. The van der Waals surface area contributed by atoms with Gasteiger partial charge in [-0.25, -0.2) is 0 Å². The van der Waals surface area contributed by atoms with Crippen LogP contribution in [-0.2, 0) is 6.54 Å². The minimum Gasteiger partial charge on any atom is -0.503 e. The topological polar surface area (TPSA) is 59.3 Å². The maximum Gasteiger partial charge on any atom is 0.223 e. The molecule has 1 heterocycles. The summed E-state index contributed by atoms with van der Waals surface area (Å²) in [4.78, 5) is 23.2. The molecule has 1 rings (SSSR count). The van der Waals surface area contributed by atoms with Crippen LogP contribution in [0.3, 0.4) is 0 Å². The third kappa shape index (κ3) is 11.3. The first-order chi connectivity index (χ1) is 14.1. The van der Waals surface area contributed by atoms with Crippen molar-refractivity contribution in [2.24, 2.45) is 0 Å². The Balaban J connectivity index is 1.98. The highest BCUT2D eigenvalue weighted by Gasteiger charge is 2.13. The van der Waals surface area contributed by atoms with E-state index < -0.39 is 11.2 Å². The Hall–Kier alpha value is -1.58. The smallest absolute Gasteiger partial charge is 0.223 e. The lowest BCUT2D eigenvalue weighted by Gasteiger charge is -2.12. The van der Waals surface area contributed by atoms with Crippen molar-refractivity contribution in [3.05, 3.63) is 28.2 Å². The highest BCUT2D eigenvalue weighted by atomic mass is 16.3. The highest BCUT2D eigenvalue weighted by Crippen LogP contribution is 2.16. The van der Waals surface area contributed by atoms with Crippen LogP contribution in [0.25, 0.3) is 0 Å². The van der Waals surface area contributed by atoms with Crippen LogP contribution in [0.15, 0.2) is 17.1 Å². The number of unbranched alkanes of at least 4 members (excludes halogenated alkanes) is 15. The van der Waals surface area contributed by atoms with E-state index in [0.717, 1.165) is 12.8 Å². The van der Waals surface area contributed by atoms with Gasteiger partial charge in [-0.2, -0.15) is 0 Å². The van der Waals surface area contributed by atoms with Gasteiger partial charge >= 0.3 is 0 Å². The Labute approximate surface area is 177 Å². The van der Waals surface area contributed by atoms with E-state index in [4.69, 9.17) is 0 Å². The van der Waals surface area contributed by atoms with Gasteiger partial charge in [-0.1, -0.05) is 103 Å². The molecule has 0 atom stereocenters. The van der Waals surface area contributed by atoms with Gasteiger partial charge in [0.05, 0.1) is 0 Å². The molecule has 0 radical (unpaired) electrons. The van der Waals surface area contributed by atoms with Crippen molar-refractivity contribution in [3.8, 4) is 5.75 Å². The van der Waals surface area contributed by atoms with Crippen molar-refractivity contribution in [1.82, 2.24) is 4.57 Å². The summed E-state index contributed by atoms with van der Waals surface area (Å²) in [6.45, 7) is 4.33. The molecule has 166 valence electrons. The number of aromatic hydroxyl groups is 1. The summed E-state index contributed by atoms with van der Waals surface area (Å²) in [5.74, 6) is -0.687. The van der Waals surface area contributed by atoms with Gasteiger partial charge in [-0.3, -0.25) is 9.59 Å². The van der Waals surface area contributed by atoms with Crippen LogP contribution >= 0.6 is 0 Å². The number of hydrogen-bond donors (Lipinski definition) is 1. The first-order valence-corrected chi connectivity index (χ1v) is 12.0. The third-order valence-electron chi connectivity index (χ3n) is 5.74. The van der Waals surface area contributed by atoms with E-state index in [2.05, 4.69) is 6.92 Å². The third-order valence-corrected chi connectivity index (χ3v) is 5.74. The number of aryl methyl sites for hydroxylation is 1. The van der Waals surface area contributed by atoms with Crippen LogP contribution in [-0.4, -0.2) is 15.5 Å². The molecular formula is C25H43NO3. The van der Waals surface area contributed by atoms with E-state index >= 15 is 0 Å².